The third-order valence-corrected chi connectivity index (χ3v) is 5.86. The molecule has 0 amide bonds. The zero-order valence-corrected chi connectivity index (χ0v) is 15.3. The van der Waals surface area contributed by atoms with Gasteiger partial charge in [-0.15, -0.1) is 0 Å². The first-order chi connectivity index (χ1) is 12.5. The maximum Gasteiger partial charge on any atom is 0.238 e. The molecule has 3 N–H and O–H groups in total. The van der Waals surface area contributed by atoms with Crippen LogP contribution in [-0.2, 0) is 29.5 Å². The van der Waals surface area contributed by atoms with Gasteiger partial charge in [0, 0.05) is 29.7 Å². The van der Waals surface area contributed by atoms with Gasteiger partial charge in [-0.05, 0) is 54.4 Å². The summed E-state index contributed by atoms with van der Waals surface area (Å²) in [5.74, 6) is 0.855. The molecule has 0 atom stereocenters. The number of aromatic nitrogens is 1. The fraction of sp³-hybridized carbons (Fsp3) is 0.263. The molecule has 2 heterocycles. The van der Waals surface area contributed by atoms with Gasteiger partial charge in [0.1, 0.15) is 5.75 Å². The molecule has 2 aromatic carbocycles. The van der Waals surface area contributed by atoms with E-state index in [1.165, 1.54) is 16.6 Å². The Hall–Kier alpha value is -2.35. The summed E-state index contributed by atoms with van der Waals surface area (Å²) in [6.45, 7) is 2.46. The van der Waals surface area contributed by atoms with E-state index in [2.05, 4.69) is 22.0 Å². The van der Waals surface area contributed by atoms with Crippen LogP contribution in [0.15, 0.2) is 47.4 Å². The van der Waals surface area contributed by atoms with Gasteiger partial charge in [-0.25, -0.2) is 13.6 Å². The smallest absolute Gasteiger partial charge is 0.238 e. The summed E-state index contributed by atoms with van der Waals surface area (Å²) in [5.41, 5.74) is 4.82. The Morgan fingerprint density at radius 1 is 1.19 bits per heavy atom. The van der Waals surface area contributed by atoms with Crippen molar-refractivity contribution in [3.8, 4) is 5.75 Å². The molecule has 0 unspecified atom stereocenters. The average molecular weight is 371 g/mol. The number of methoxy groups -OCH3 is 1. The van der Waals surface area contributed by atoms with Crippen LogP contribution < -0.4 is 15.2 Å². The third kappa shape index (κ3) is 2.98. The molecule has 0 saturated heterocycles. The Balaban J connectivity index is 1.79. The van der Waals surface area contributed by atoms with Crippen LogP contribution in [0.2, 0.25) is 0 Å². The Bertz CT molecular complexity index is 1070. The van der Waals surface area contributed by atoms with E-state index in [0.29, 0.717) is 6.54 Å². The molecule has 0 spiro atoms. The van der Waals surface area contributed by atoms with Gasteiger partial charge in [0.2, 0.25) is 10.0 Å². The number of nitrogens with one attached hydrogen (secondary N) is 1. The van der Waals surface area contributed by atoms with Crippen molar-refractivity contribution >= 4 is 20.9 Å². The van der Waals surface area contributed by atoms with Crippen molar-refractivity contribution in [3.05, 3.63) is 59.3 Å². The highest BCUT2D eigenvalue weighted by Gasteiger charge is 2.20. The highest BCUT2D eigenvalue weighted by atomic mass is 32.2. The minimum atomic E-state index is -3.67. The van der Waals surface area contributed by atoms with Crippen LogP contribution in [0.25, 0.3) is 10.9 Å². The number of hydrogen-bond donors (Lipinski definition) is 2. The number of fused-ring (bicyclic) bond motifs is 3. The van der Waals surface area contributed by atoms with Crippen molar-refractivity contribution in [2.45, 2.75) is 24.4 Å². The van der Waals surface area contributed by atoms with Crippen LogP contribution in [0.5, 0.6) is 5.75 Å². The second kappa shape index (κ2) is 6.42. The zero-order chi connectivity index (χ0) is 18.3. The first kappa shape index (κ1) is 17.1. The molecule has 0 fully saturated rings. The normalized spacial score (nSPS) is 14.4. The second-order valence-electron chi connectivity index (χ2n) is 6.51. The first-order valence-corrected chi connectivity index (χ1v) is 10.0. The van der Waals surface area contributed by atoms with E-state index in [4.69, 9.17) is 9.88 Å². The van der Waals surface area contributed by atoms with E-state index in [1.54, 1.807) is 19.2 Å². The molecule has 26 heavy (non-hydrogen) atoms. The van der Waals surface area contributed by atoms with Gasteiger partial charge in [0.15, 0.2) is 0 Å². The Morgan fingerprint density at radius 2 is 1.96 bits per heavy atom. The van der Waals surface area contributed by atoms with Crippen LogP contribution in [0.1, 0.15) is 16.8 Å². The summed E-state index contributed by atoms with van der Waals surface area (Å²) in [4.78, 5) is 0.132. The lowest BCUT2D eigenvalue weighted by Crippen LogP contribution is -2.25. The standard InChI is InChI=1S/C19H21N3O3S/c1-25-14-4-7-18-17(10-14)16-8-9-21-11-19(16)22(18)12-13-2-5-15(6-3-13)26(20,23)24/h2-7,10,21H,8-9,11-12H2,1H3,(H2,20,23,24). The molecule has 0 radical (unpaired) electrons. The van der Waals surface area contributed by atoms with Crippen molar-refractivity contribution < 1.29 is 13.2 Å². The van der Waals surface area contributed by atoms with Crippen molar-refractivity contribution in [2.24, 2.45) is 5.14 Å². The van der Waals surface area contributed by atoms with Crippen LogP contribution in [0.4, 0.5) is 0 Å². The topological polar surface area (TPSA) is 86.3 Å². The molecule has 0 saturated carbocycles. The number of ether oxygens (including phenoxy) is 1. The molecular weight excluding hydrogens is 350 g/mol. The number of hydrogen-bond acceptors (Lipinski definition) is 4. The van der Waals surface area contributed by atoms with Crippen molar-refractivity contribution in [2.75, 3.05) is 13.7 Å². The molecule has 4 rings (SSSR count). The van der Waals surface area contributed by atoms with E-state index in [1.807, 2.05) is 18.2 Å². The van der Waals surface area contributed by atoms with Crippen molar-refractivity contribution in [3.63, 3.8) is 0 Å². The number of sulfonamides is 1. The molecule has 6 nitrogen and oxygen atoms in total. The summed E-state index contributed by atoms with van der Waals surface area (Å²) in [6, 6.07) is 12.9. The average Bonchev–Trinajstić information content (AvgIpc) is 2.95. The molecule has 136 valence electrons. The van der Waals surface area contributed by atoms with Gasteiger partial charge in [0.05, 0.1) is 12.0 Å². The highest BCUT2D eigenvalue weighted by Crippen LogP contribution is 2.32. The summed E-state index contributed by atoms with van der Waals surface area (Å²) in [5, 5.41) is 9.84. The minimum absolute atomic E-state index is 0.132. The third-order valence-electron chi connectivity index (χ3n) is 4.93. The summed E-state index contributed by atoms with van der Waals surface area (Å²) < 4.78 is 30.6. The Morgan fingerprint density at radius 3 is 2.65 bits per heavy atom. The number of rotatable bonds is 4. The SMILES string of the molecule is COc1ccc2c(c1)c1c(n2Cc2ccc(S(N)(=O)=O)cc2)CNCC1. The number of nitrogens with two attached hydrogens (primary N) is 1. The number of nitrogens with zero attached hydrogens (tertiary/aromatic N) is 1. The molecule has 0 aliphatic carbocycles. The molecule has 3 aromatic rings. The monoisotopic (exact) mass is 371 g/mol. The van der Waals surface area contributed by atoms with Crippen molar-refractivity contribution in [1.29, 1.82) is 0 Å². The van der Waals surface area contributed by atoms with Crippen LogP contribution in [0, 0.1) is 0 Å². The summed E-state index contributed by atoms with van der Waals surface area (Å²) in [6.07, 6.45) is 0.982. The molecule has 1 aromatic heterocycles. The predicted molar refractivity (Wildman–Crippen MR) is 101 cm³/mol. The lowest BCUT2D eigenvalue weighted by molar-refractivity contribution is 0.415. The maximum absolute atomic E-state index is 11.4. The molecule has 0 bridgehead atoms. The number of primary sulfonamides is 1. The van der Waals surface area contributed by atoms with Gasteiger partial charge < -0.3 is 14.6 Å². The first-order valence-electron chi connectivity index (χ1n) is 8.48. The van der Waals surface area contributed by atoms with Gasteiger partial charge in [-0.2, -0.15) is 0 Å². The molecule has 1 aliphatic rings. The maximum atomic E-state index is 11.4. The largest absolute Gasteiger partial charge is 0.497 e. The fourth-order valence-electron chi connectivity index (χ4n) is 3.63. The second-order valence-corrected chi connectivity index (χ2v) is 8.07. The Labute approximate surface area is 152 Å². The van der Waals surface area contributed by atoms with Crippen molar-refractivity contribution in [1.82, 2.24) is 9.88 Å². The van der Waals surface area contributed by atoms with E-state index >= 15 is 0 Å². The Kier molecular flexibility index (Phi) is 4.22. The zero-order valence-electron chi connectivity index (χ0n) is 14.5. The lowest BCUT2D eigenvalue weighted by Gasteiger charge is -2.17. The van der Waals surface area contributed by atoms with Crippen LogP contribution >= 0.6 is 0 Å². The summed E-state index contributed by atoms with van der Waals surface area (Å²) >= 11 is 0. The lowest BCUT2D eigenvalue weighted by atomic mass is 10.0. The minimum Gasteiger partial charge on any atom is -0.497 e. The van der Waals surface area contributed by atoms with Crippen LogP contribution in [-0.4, -0.2) is 26.6 Å². The van der Waals surface area contributed by atoms with E-state index in [-0.39, 0.29) is 4.90 Å². The van der Waals surface area contributed by atoms with Gasteiger partial charge in [-0.3, -0.25) is 0 Å². The predicted octanol–water partition coefficient (Wildman–Crippen LogP) is 1.99. The molecule has 1 aliphatic heterocycles. The fourth-order valence-corrected chi connectivity index (χ4v) is 4.15. The van der Waals surface area contributed by atoms with Gasteiger partial charge in [-0.1, -0.05) is 12.1 Å². The molecular formula is C19H21N3O3S. The van der Waals surface area contributed by atoms with E-state index in [9.17, 15) is 8.42 Å². The number of benzene rings is 2. The van der Waals surface area contributed by atoms with Gasteiger partial charge in [0.25, 0.3) is 0 Å². The van der Waals surface area contributed by atoms with E-state index in [0.717, 1.165) is 36.3 Å². The van der Waals surface area contributed by atoms with E-state index < -0.39 is 10.0 Å². The summed E-state index contributed by atoms with van der Waals surface area (Å²) in [7, 11) is -1.99. The van der Waals surface area contributed by atoms with Gasteiger partial charge >= 0.3 is 0 Å². The van der Waals surface area contributed by atoms with Crippen LogP contribution in [0.3, 0.4) is 0 Å². The molecule has 7 heteroatoms. The quantitative estimate of drug-likeness (QED) is 0.734. The highest BCUT2D eigenvalue weighted by molar-refractivity contribution is 7.89.